The van der Waals surface area contributed by atoms with Gasteiger partial charge in [0.05, 0.1) is 57.7 Å². The highest BCUT2D eigenvalue weighted by molar-refractivity contribution is 9.11. The van der Waals surface area contributed by atoms with E-state index in [9.17, 15) is 9.59 Å². The van der Waals surface area contributed by atoms with Crippen molar-refractivity contribution in [3.8, 4) is 17.2 Å². The van der Waals surface area contributed by atoms with Crippen molar-refractivity contribution >= 4 is 55.2 Å². The Bertz CT molecular complexity index is 1600. The van der Waals surface area contributed by atoms with Crippen LogP contribution in [0.1, 0.15) is 44.9 Å². The topological polar surface area (TPSA) is 88.4 Å². The minimum Gasteiger partial charge on any atom is -0.494 e. The maximum absolute atomic E-state index is 13.9. The second-order valence-corrected chi connectivity index (χ2v) is 11.1. The van der Waals surface area contributed by atoms with Crippen LogP contribution in [0.15, 0.2) is 60.3 Å². The lowest BCUT2D eigenvalue weighted by Crippen LogP contribution is -2.40. The molecule has 0 spiro atoms. The Morgan fingerprint density at radius 1 is 1.05 bits per heavy atom. The maximum Gasteiger partial charge on any atom is 0.338 e. The van der Waals surface area contributed by atoms with Crippen molar-refractivity contribution in [3.63, 3.8) is 0 Å². The number of carbonyl (C=O) groups is 1. The number of halogens is 2. The predicted molar refractivity (Wildman–Crippen MR) is 158 cm³/mol. The van der Waals surface area contributed by atoms with Crippen LogP contribution in [0.4, 0.5) is 0 Å². The Morgan fingerprint density at radius 3 is 2.33 bits per heavy atom. The Balaban J connectivity index is 1.95. The van der Waals surface area contributed by atoms with Gasteiger partial charge >= 0.3 is 5.97 Å². The molecule has 3 aromatic rings. The van der Waals surface area contributed by atoms with E-state index in [1.54, 1.807) is 37.7 Å². The molecule has 0 N–H and O–H groups in total. The number of esters is 1. The molecule has 1 atom stereocenters. The van der Waals surface area contributed by atoms with E-state index < -0.39 is 12.0 Å². The van der Waals surface area contributed by atoms with Crippen molar-refractivity contribution in [1.29, 1.82) is 0 Å². The monoisotopic (exact) mass is 678 g/mol. The molecule has 206 valence electrons. The van der Waals surface area contributed by atoms with Gasteiger partial charge in [-0.25, -0.2) is 9.79 Å². The lowest BCUT2D eigenvalue weighted by atomic mass is 9.95. The van der Waals surface area contributed by atoms with Crippen molar-refractivity contribution in [2.45, 2.75) is 33.7 Å². The second-order valence-electron chi connectivity index (χ2n) is 8.39. The molecule has 4 rings (SSSR count). The number of benzene rings is 2. The number of thiazole rings is 1. The smallest absolute Gasteiger partial charge is 0.338 e. The molecule has 0 fully saturated rings. The van der Waals surface area contributed by atoms with Crippen molar-refractivity contribution in [3.05, 3.63) is 81.4 Å². The fourth-order valence-electron chi connectivity index (χ4n) is 4.35. The number of hydrogen-bond donors (Lipinski definition) is 0. The van der Waals surface area contributed by atoms with E-state index in [0.29, 0.717) is 56.6 Å². The molecular weight excluding hydrogens is 652 g/mol. The minimum absolute atomic E-state index is 0.196. The number of nitrogens with zero attached hydrogens (tertiary/aromatic N) is 2. The number of carbonyl (C=O) groups excluding carboxylic acids is 1. The third kappa shape index (κ3) is 5.85. The molecule has 0 saturated carbocycles. The van der Waals surface area contributed by atoms with Gasteiger partial charge in [0, 0.05) is 0 Å². The van der Waals surface area contributed by atoms with Gasteiger partial charge in [0.1, 0.15) is 5.75 Å². The Labute approximate surface area is 246 Å². The zero-order valence-corrected chi connectivity index (χ0v) is 26.2. The third-order valence-electron chi connectivity index (χ3n) is 5.92. The van der Waals surface area contributed by atoms with Gasteiger partial charge in [0.25, 0.3) is 5.56 Å². The molecule has 0 unspecified atom stereocenters. The average Bonchev–Trinajstić information content (AvgIpc) is 3.18. The predicted octanol–water partition coefficient (Wildman–Crippen LogP) is 5.13. The Morgan fingerprint density at radius 2 is 1.72 bits per heavy atom. The number of hydrogen-bond acceptors (Lipinski definition) is 8. The first kappa shape index (κ1) is 29.1. The molecule has 39 heavy (non-hydrogen) atoms. The summed E-state index contributed by atoms with van der Waals surface area (Å²) in [5.74, 6) is 1.26. The van der Waals surface area contributed by atoms with Crippen LogP contribution in [0.25, 0.3) is 6.08 Å². The highest BCUT2D eigenvalue weighted by atomic mass is 79.9. The molecule has 0 radical (unpaired) electrons. The van der Waals surface area contributed by atoms with Crippen molar-refractivity contribution in [2.75, 3.05) is 26.9 Å². The molecule has 11 heteroatoms. The zero-order valence-electron chi connectivity index (χ0n) is 22.2. The summed E-state index contributed by atoms with van der Waals surface area (Å²) in [6, 6.07) is 8.43. The highest BCUT2D eigenvalue weighted by Gasteiger charge is 2.34. The number of fused-ring (bicyclic) bond motifs is 1. The zero-order chi connectivity index (χ0) is 28.3. The van der Waals surface area contributed by atoms with Gasteiger partial charge in [-0.15, -0.1) is 0 Å². The molecule has 8 nitrogen and oxygen atoms in total. The third-order valence-corrected chi connectivity index (χ3v) is 8.08. The number of methoxy groups -OCH3 is 1. The maximum atomic E-state index is 13.9. The Hall–Kier alpha value is -2.89. The van der Waals surface area contributed by atoms with Crippen molar-refractivity contribution in [2.24, 2.45) is 4.99 Å². The van der Waals surface area contributed by atoms with Crippen LogP contribution >= 0.6 is 43.2 Å². The fraction of sp³-hybridized carbons (Fsp3) is 0.321. The lowest BCUT2D eigenvalue weighted by molar-refractivity contribution is -0.139. The molecule has 1 aromatic heterocycles. The summed E-state index contributed by atoms with van der Waals surface area (Å²) in [5.41, 5.74) is 2.00. The number of ether oxygens (including phenoxy) is 4. The van der Waals surface area contributed by atoms with Gasteiger partial charge in [-0.3, -0.25) is 9.36 Å². The molecule has 1 aliphatic heterocycles. The van der Waals surface area contributed by atoms with Gasteiger partial charge in [-0.1, -0.05) is 17.4 Å². The minimum atomic E-state index is -0.758. The molecular formula is C28H28Br2N2O6S. The molecule has 0 bridgehead atoms. The van der Waals surface area contributed by atoms with Crippen LogP contribution in [0.5, 0.6) is 17.2 Å². The first-order chi connectivity index (χ1) is 18.7. The first-order valence-electron chi connectivity index (χ1n) is 12.4. The van der Waals surface area contributed by atoms with Crippen LogP contribution in [0.3, 0.4) is 0 Å². The molecule has 0 saturated heterocycles. The molecule has 2 heterocycles. The SMILES string of the molecule is CCOC(=O)C1=C(C)N=c2s/c(=C\c3cc(Br)c(OC)c(Br)c3)c(=O)n2[C@H]1c1ccc(OCC)c(OCC)c1. The molecule has 0 aliphatic carbocycles. The van der Waals surface area contributed by atoms with Gasteiger partial charge in [-0.2, -0.15) is 0 Å². The molecule has 1 aliphatic rings. The van der Waals surface area contributed by atoms with Crippen molar-refractivity contribution < 1.29 is 23.7 Å². The first-order valence-corrected chi connectivity index (χ1v) is 14.8. The van der Waals surface area contributed by atoms with Crippen LogP contribution < -0.4 is 29.1 Å². The van der Waals surface area contributed by atoms with E-state index in [2.05, 4.69) is 36.9 Å². The van der Waals surface area contributed by atoms with Gasteiger partial charge in [-0.05, 0) is 101 Å². The van der Waals surface area contributed by atoms with Crippen molar-refractivity contribution in [1.82, 2.24) is 4.57 Å². The summed E-state index contributed by atoms with van der Waals surface area (Å²) >= 11 is 8.29. The summed E-state index contributed by atoms with van der Waals surface area (Å²) in [6.45, 7) is 8.38. The summed E-state index contributed by atoms with van der Waals surface area (Å²) in [5, 5.41) is 0. The lowest BCUT2D eigenvalue weighted by Gasteiger charge is -2.25. The quantitative estimate of drug-likeness (QED) is 0.292. The van der Waals surface area contributed by atoms with E-state index in [1.807, 2.05) is 38.1 Å². The van der Waals surface area contributed by atoms with Crippen LogP contribution in [-0.2, 0) is 9.53 Å². The van der Waals surface area contributed by atoms with E-state index in [0.717, 1.165) is 14.5 Å². The van der Waals surface area contributed by atoms with Gasteiger partial charge in [0.2, 0.25) is 0 Å². The summed E-state index contributed by atoms with van der Waals surface area (Å²) < 4.78 is 25.9. The number of allylic oxidation sites excluding steroid dienone is 1. The number of aromatic nitrogens is 1. The van der Waals surface area contributed by atoms with Gasteiger partial charge in [0.15, 0.2) is 16.3 Å². The fourth-order valence-corrected chi connectivity index (χ4v) is 6.95. The van der Waals surface area contributed by atoms with E-state index in [-0.39, 0.29) is 12.2 Å². The van der Waals surface area contributed by atoms with E-state index in [4.69, 9.17) is 18.9 Å². The average molecular weight is 680 g/mol. The normalized spacial score (nSPS) is 15.1. The summed E-state index contributed by atoms with van der Waals surface area (Å²) in [6.07, 6.45) is 1.79. The standard InChI is InChI=1S/C28H28Br2N2O6S/c1-6-36-20-10-9-17(14-21(20)37-7-2)24-23(27(34)38-8-3)15(4)31-28-32(24)26(33)22(39-28)13-16-11-18(29)25(35-5)19(30)12-16/h9-14,24H,6-8H2,1-5H3/b22-13-/t24-/m0/s1. The van der Waals surface area contributed by atoms with E-state index in [1.165, 1.54) is 11.3 Å². The highest BCUT2D eigenvalue weighted by Crippen LogP contribution is 2.37. The summed E-state index contributed by atoms with van der Waals surface area (Å²) in [7, 11) is 1.59. The number of rotatable bonds is 9. The van der Waals surface area contributed by atoms with Crippen LogP contribution in [0.2, 0.25) is 0 Å². The van der Waals surface area contributed by atoms with Crippen LogP contribution in [0, 0.1) is 0 Å². The molecule has 2 aromatic carbocycles. The van der Waals surface area contributed by atoms with Gasteiger partial charge < -0.3 is 18.9 Å². The van der Waals surface area contributed by atoms with Crippen LogP contribution in [-0.4, -0.2) is 37.5 Å². The Kier molecular flexibility index (Phi) is 9.35. The summed E-state index contributed by atoms with van der Waals surface area (Å²) in [4.78, 5) is 32.2. The van der Waals surface area contributed by atoms with E-state index >= 15 is 0 Å². The second kappa shape index (κ2) is 12.5. The molecule has 0 amide bonds. The largest absolute Gasteiger partial charge is 0.494 e.